The van der Waals surface area contributed by atoms with Crippen LogP contribution in [0, 0.1) is 10.1 Å². The Morgan fingerprint density at radius 2 is 1.64 bits per heavy atom. The third kappa shape index (κ3) is 11.3. The van der Waals surface area contributed by atoms with Crippen LogP contribution < -0.4 is 15.8 Å². The summed E-state index contributed by atoms with van der Waals surface area (Å²) in [7, 11) is -2.76. The summed E-state index contributed by atoms with van der Waals surface area (Å²) >= 11 is 22.9. The minimum absolute atomic E-state index is 0.0849. The Morgan fingerprint density at radius 3 is 2.00 bits per heavy atom. The van der Waals surface area contributed by atoms with Gasteiger partial charge in [-0.2, -0.15) is 18.3 Å². The second-order valence-electron chi connectivity index (χ2n) is 7.76. The van der Waals surface area contributed by atoms with Crippen LogP contribution in [0.1, 0.15) is 15.9 Å². The number of anilines is 1. The molecule has 3 rings (SSSR count). The van der Waals surface area contributed by atoms with Crippen LogP contribution >= 0.6 is 54.0 Å². The Hall–Kier alpha value is -3.35. The predicted molar refractivity (Wildman–Crippen MR) is 152 cm³/mol. The van der Waals surface area contributed by atoms with E-state index in [1.165, 1.54) is 19.2 Å². The summed E-state index contributed by atoms with van der Waals surface area (Å²) in [6.07, 6.45) is -4.38. The molecule has 2 aromatic carbocycles. The number of carbonyl (C=O) groups is 2. The number of rotatable bonds is 8. The molecular formula is C21H19Cl4F3N5O10P. The van der Waals surface area contributed by atoms with Crippen LogP contribution in [-0.4, -0.2) is 66.6 Å². The minimum Gasteiger partial charge on any atom is -0.494 e. The van der Waals surface area contributed by atoms with E-state index in [0.717, 1.165) is 10.9 Å². The molecule has 0 saturated carbocycles. The minimum atomic E-state index is -4.63. The Bertz CT molecular complexity index is 1560. The number of hydrogen-bond donors (Lipinski definition) is 6. The van der Waals surface area contributed by atoms with E-state index >= 15 is 0 Å². The summed E-state index contributed by atoms with van der Waals surface area (Å²) in [6.45, 7) is -0.439. The topological polar surface area (TPSA) is 240 Å². The highest BCUT2D eigenvalue weighted by atomic mass is 35.5. The van der Waals surface area contributed by atoms with Crippen molar-refractivity contribution in [2.45, 2.75) is 6.18 Å². The maximum Gasteiger partial charge on any atom is 0.416 e. The van der Waals surface area contributed by atoms with E-state index in [9.17, 15) is 37.4 Å². The number of carboxylic acids is 2. The molecule has 0 radical (unpaired) electrons. The van der Waals surface area contributed by atoms with Crippen molar-refractivity contribution in [3.8, 4) is 11.4 Å². The third-order valence-corrected chi connectivity index (χ3v) is 6.43. The second-order valence-corrected chi connectivity index (χ2v) is 11.0. The molecule has 0 saturated heterocycles. The van der Waals surface area contributed by atoms with E-state index in [-0.39, 0.29) is 37.1 Å². The van der Waals surface area contributed by atoms with Crippen molar-refractivity contribution >= 4 is 77.4 Å². The first kappa shape index (κ1) is 38.7. The monoisotopic (exact) mass is 729 g/mol. The molecule has 3 aromatic rings. The van der Waals surface area contributed by atoms with Crippen molar-refractivity contribution in [1.29, 1.82) is 0 Å². The number of benzene rings is 2. The smallest absolute Gasteiger partial charge is 0.416 e. The third-order valence-electron chi connectivity index (χ3n) is 4.61. The van der Waals surface area contributed by atoms with Gasteiger partial charge < -0.3 is 30.5 Å². The normalized spacial score (nSPS) is 11.0. The molecule has 0 spiro atoms. The average molecular weight is 731 g/mol. The summed E-state index contributed by atoms with van der Waals surface area (Å²) in [5.41, 5.74) is 3.67. The molecule has 0 bridgehead atoms. The first-order chi connectivity index (χ1) is 20.1. The number of carboxylic acid groups (broad SMARTS) is 2. The first-order valence-corrected chi connectivity index (χ1v) is 14.2. The van der Waals surface area contributed by atoms with Gasteiger partial charge in [-0.1, -0.05) is 46.4 Å². The van der Waals surface area contributed by atoms with Crippen molar-refractivity contribution in [3.63, 3.8) is 0 Å². The Labute approximate surface area is 264 Å². The van der Waals surface area contributed by atoms with Crippen molar-refractivity contribution in [1.82, 2.24) is 15.1 Å². The number of nitrogen functional groups attached to an aromatic ring is 1. The van der Waals surface area contributed by atoms with Crippen molar-refractivity contribution in [2.24, 2.45) is 0 Å². The molecule has 44 heavy (non-hydrogen) atoms. The van der Waals surface area contributed by atoms with Crippen molar-refractivity contribution < 1.29 is 57.0 Å². The number of alkyl halides is 3. The van der Waals surface area contributed by atoms with E-state index in [0.29, 0.717) is 12.1 Å². The van der Waals surface area contributed by atoms with Gasteiger partial charge in [0, 0.05) is 0 Å². The van der Waals surface area contributed by atoms with Crippen LogP contribution in [0.2, 0.25) is 20.1 Å². The van der Waals surface area contributed by atoms with Crippen LogP contribution in [-0.2, 0) is 15.5 Å². The Kier molecular flexibility index (Phi) is 14.2. The fraction of sp³-hybridized carbons (Fsp3) is 0.190. The number of halogens is 7. The molecular weight excluding hydrogens is 712 g/mol. The molecule has 7 N–H and O–H groups in total. The summed E-state index contributed by atoms with van der Waals surface area (Å²) in [6, 6.07) is 4.16. The SMILES string of the molecule is COc1c(Cl)ccc(Cl)c1C(=O)O.Nc1c([N+](=O)[O-])cnn1-c1c(Cl)cc(C(F)(F)F)cc1Cl.O=C(O)CNCP(=O)(O)O. The molecule has 0 amide bonds. The fourth-order valence-corrected chi connectivity index (χ4v) is 4.35. The molecule has 0 aliphatic heterocycles. The van der Waals surface area contributed by atoms with Crippen molar-refractivity contribution in [2.75, 3.05) is 25.7 Å². The zero-order valence-electron chi connectivity index (χ0n) is 21.6. The number of nitro groups is 1. The van der Waals surface area contributed by atoms with Gasteiger partial charge in [-0.25, -0.2) is 9.48 Å². The van der Waals surface area contributed by atoms with Gasteiger partial charge in [0.25, 0.3) is 0 Å². The molecule has 1 aromatic heterocycles. The number of aliphatic carboxylic acids is 1. The number of nitrogens with one attached hydrogen (secondary N) is 1. The summed E-state index contributed by atoms with van der Waals surface area (Å²) in [5, 5.41) is 32.7. The van der Waals surface area contributed by atoms with Gasteiger partial charge in [0.15, 0.2) is 5.75 Å². The Morgan fingerprint density at radius 1 is 1.11 bits per heavy atom. The van der Waals surface area contributed by atoms with Gasteiger partial charge >= 0.3 is 31.4 Å². The number of aromatic nitrogens is 2. The number of methoxy groups -OCH3 is 1. The average Bonchev–Trinajstić information content (AvgIpc) is 3.25. The summed E-state index contributed by atoms with van der Waals surface area (Å²) < 4.78 is 53.5. The molecule has 0 aliphatic rings. The number of nitrogens with two attached hydrogens (primary N) is 1. The molecule has 0 unspecified atom stereocenters. The first-order valence-electron chi connectivity index (χ1n) is 10.9. The predicted octanol–water partition coefficient (Wildman–Crippen LogP) is 5.18. The largest absolute Gasteiger partial charge is 0.494 e. The van der Waals surface area contributed by atoms with E-state index in [1.54, 1.807) is 0 Å². The molecule has 0 atom stereocenters. The maximum absolute atomic E-state index is 12.6. The zero-order chi connectivity index (χ0) is 34.2. The standard InChI is InChI=1S/C10H5Cl2F3N4O2.C8H6Cl2O3.C3H8NO5P/c11-5-1-4(10(13,14)15)2-6(12)8(5)18-9(16)7(3-17-18)19(20)21;1-13-7-5(10)3-2-4(9)6(7)8(11)12;5-3(6)1-4-2-10(7,8)9/h1-3H,16H2;2-3H,1H3,(H,11,12);4H,1-2H2,(H,5,6)(H2,7,8,9). The fourth-order valence-electron chi connectivity index (χ4n) is 2.84. The number of hydrogen-bond acceptors (Lipinski definition) is 9. The number of nitrogens with zero attached hydrogens (tertiary/aromatic N) is 3. The molecule has 1 heterocycles. The van der Waals surface area contributed by atoms with Gasteiger partial charge in [0.05, 0.1) is 50.5 Å². The molecule has 15 nitrogen and oxygen atoms in total. The lowest BCUT2D eigenvalue weighted by molar-refractivity contribution is -0.383. The van der Waals surface area contributed by atoms with Gasteiger partial charge in [0.2, 0.25) is 5.82 Å². The molecule has 242 valence electrons. The van der Waals surface area contributed by atoms with Gasteiger partial charge in [-0.15, -0.1) is 0 Å². The summed E-state index contributed by atoms with van der Waals surface area (Å²) in [5.74, 6) is -2.62. The highest BCUT2D eigenvalue weighted by Crippen LogP contribution is 2.39. The van der Waals surface area contributed by atoms with Crippen LogP contribution in [0.15, 0.2) is 30.5 Å². The lowest BCUT2D eigenvalue weighted by Crippen LogP contribution is -2.23. The van der Waals surface area contributed by atoms with E-state index in [1.807, 2.05) is 0 Å². The van der Waals surface area contributed by atoms with Crippen LogP contribution in [0.4, 0.5) is 24.7 Å². The van der Waals surface area contributed by atoms with E-state index < -0.39 is 60.5 Å². The van der Waals surface area contributed by atoms with Gasteiger partial charge in [0.1, 0.15) is 17.4 Å². The molecule has 23 heteroatoms. The van der Waals surface area contributed by atoms with Gasteiger partial charge in [-0.05, 0) is 24.3 Å². The summed E-state index contributed by atoms with van der Waals surface area (Å²) in [4.78, 5) is 46.8. The van der Waals surface area contributed by atoms with Crippen LogP contribution in [0.25, 0.3) is 5.69 Å². The number of aromatic carboxylic acids is 1. The van der Waals surface area contributed by atoms with Crippen LogP contribution in [0.3, 0.4) is 0 Å². The quantitative estimate of drug-likeness (QED) is 0.0995. The highest BCUT2D eigenvalue weighted by molar-refractivity contribution is 7.51. The second kappa shape index (κ2) is 16.1. The highest BCUT2D eigenvalue weighted by Gasteiger charge is 2.33. The zero-order valence-corrected chi connectivity index (χ0v) is 25.5. The Balaban J connectivity index is 0.000000361. The maximum atomic E-state index is 12.6. The molecule has 0 aliphatic carbocycles. The van der Waals surface area contributed by atoms with Crippen LogP contribution in [0.5, 0.6) is 5.75 Å². The number of ether oxygens (including phenoxy) is 1. The lowest BCUT2D eigenvalue weighted by Gasteiger charge is -2.12. The molecule has 0 fully saturated rings. The van der Waals surface area contributed by atoms with E-state index in [4.69, 9.17) is 76.9 Å². The van der Waals surface area contributed by atoms with E-state index in [2.05, 4.69) is 10.4 Å². The lowest BCUT2D eigenvalue weighted by atomic mass is 10.2. The van der Waals surface area contributed by atoms with Gasteiger partial charge in [-0.3, -0.25) is 24.8 Å². The van der Waals surface area contributed by atoms with Crippen molar-refractivity contribution in [3.05, 3.63) is 71.8 Å².